The molecule has 164 valence electrons. The number of hydrogen-bond donors (Lipinski definition) is 0. The maximum absolute atomic E-state index is 13.2. The van der Waals surface area contributed by atoms with E-state index in [1.165, 1.54) is 22.3 Å². The van der Waals surface area contributed by atoms with Crippen LogP contribution in [0.4, 0.5) is 0 Å². The van der Waals surface area contributed by atoms with E-state index in [1.54, 1.807) is 14.0 Å². The standard InChI is InChI=1S/C26H32N2O3/c1-18-23-5-4-6-24(21-7-9-22(31-3)10-8-21)25(23)13-16-28(18)26(30)17-20-11-14-27(15-12-20)19(2)29/h4-10,18,20H,11-17H2,1-3H3/t18-/m1/s1. The lowest BCUT2D eigenvalue weighted by molar-refractivity contribution is -0.135. The number of carbonyl (C=O) groups is 2. The van der Waals surface area contributed by atoms with E-state index in [2.05, 4.69) is 42.2 Å². The molecule has 0 N–H and O–H groups in total. The minimum absolute atomic E-state index is 0.0757. The molecule has 5 heteroatoms. The molecule has 2 amide bonds. The molecule has 0 aromatic heterocycles. The van der Waals surface area contributed by atoms with Gasteiger partial charge < -0.3 is 14.5 Å². The van der Waals surface area contributed by atoms with Gasteiger partial charge in [-0.25, -0.2) is 0 Å². The number of carbonyl (C=O) groups excluding carboxylic acids is 2. The van der Waals surface area contributed by atoms with E-state index < -0.39 is 0 Å². The van der Waals surface area contributed by atoms with Gasteiger partial charge in [0.05, 0.1) is 13.2 Å². The number of ether oxygens (including phenoxy) is 1. The molecule has 0 spiro atoms. The topological polar surface area (TPSA) is 49.9 Å². The van der Waals surface area contributed by atoms with Crippen LogP contribution in [0, 0.1) is 5.92 Å². The molecule has 2 aromatic carbocycles. The predicted molar refractivity (Wildman–Crippen MR) is 122 cm³/mol. The second-order valence-corrected chi connectivity index (χ2v) is 8.77. The summed E-state index contributed by atoms with van der Waals surface area (Å²) >= 11 is 0. The average Bonchev–Trinajstić information content (AvgIpc) is 2.79. The molecule has 0 saturated carbocycles. The van der Waals surface area contributed by atoms with Crippen molar-refractivity contribution in [1.29, 1.82) is 0 Å². The molecule has 0 unspecified atom stereocenters. The highest BCUT2D eigenvalue weighted by molar-refractivity contribution is 5.78. The molecular formula is C26H32N2O3. The molecule has 2 heterocycles. The lowest BCUT2D eigenvalue weighted by atomic mass is 9.86. The van der Waals surface area contributed by atoms with Crippen molar-refractivity contribution < 1.29 is 14.3 Å². The number of likely N-dealkylation sites (tertiary alicyclic amines) is 1. The fourth-order valence-corrected chi connectivity index (χ4v) is 5.07. The first kappa shape index (κ1) is 21.4. The molecule has 31 heavy (non-hydrogen) atoms. The summed E-state index contributed by atoms with van der Waals surface area (Å²) in [6, 6.07) is 14.7. The van der Waals surface area contributed by atoms with E-state index in [9.17, 15) is 9.59 Å². The Morgan fingerprint density at radius 2 is 1.74 bits per heavy atom. The maximum Gasteiger partial charge on any atom is 0.223 e. The number of methoxy groups -OCH3 is 1. The molecule has 1 fully saturated rings. The van der Waals surface area contributed by atoms with E-state index in [4.69, 9.17) is 4.74 Å². The molecule has 2 aromatic rings. The van der Waals surface area contributed by atoms with Crippen molar-refractivity contribution in [2.24, 2.45) is 5.92 Å². The Morgan fingerprint density at radius 1 is 1.03 bits per heavy atom. The van der Waals surface area contributed by atoms with Gasteiger partial charge in [0.2, 0.25) is 11.8 Å². The van der Waals surface area contributed by atoms with Gasteiger partial charge >= 0.3 is 0 Å². The summed E-state index contributed by atoms with van der Waals surface area (Å²) in [7, 11) is 1.68. The number of hydrogen-bond acceptors (Lipinski definition) is 3. The van der Waals surface area contributed by atoms with Gasteiger partial charge in [0.15, 0.2) is 0 Å². The van der Waals surface area contributed by atoms with Crippen LogP contribution in [0.5, 0.6) is 5.75 Å². The zero-order valence-electron chi connectivity index (χ0n) is 18.8. The first-order chi connectivity index (χ1) is 15.0. The third kappa shape index (κ3) is 4.46. The highest BCUT2D eigenvalue weighted by Gasteiger charge is 2.31. The molecule has 2 aliphatic heterocycles. The normalized spacial score (nSPS) is 19.1. The largest absolute Gasteiger partial charge is 0.497 e. The number of nitrogens with zero attached hydrogens (tertiary/aromatic N) is 2. The molecule has 0 bridgehead atoms. The van der Waals surface area contributed by atoms with Crippen molar-refractivity contribution in [1.82, 2.24) is 9.80 Å². The van der Waals surface area contributed by atoms with E-state index in [-0.39, 0.29) is 17.9 Å². The smallest absolute Gasteiger partial charge is 0.223 e. The van der Waals surface area contributed by atoms with Gasteiger partial charge in [0.1, 0.15) is 5.75 Å². The van der Waals surface area contributed by atoms with Crippen LogP contribution in [0.15, 0.2) is 42.5 Å². The molecule has 4 rings (SSSR count). The van der Waals surface area contributed by atoms with Crippen LogP contribution in [-0.4, -0.2) is 48.4 Å². The highest BCUT2D eigenvalue weighted by Crippen LogP contribution is 2.37. The molecule has 0 aliphatic carbocycles. The van der Waals surface area contributed by atoms with Gasteiger partial charge in [-0.05, 0) is 66.5 Å². The summed E-state index contributed by atoms with van der Waals surface area (Å²) in [6.45, 7) is 6.07. The summed E-state index contributed by atoms with van der Waals surface area (Å²) < 4.78 is 5.29. The molecule has 2 aliphatic rings. The summed E-state index contributed by atoms with van der Waals surface area (Å²) in [5.74, 6) is 1.61. The third-order valence-electron chi connectivity index (χ3n) is 6.98. The van der Waals surface area contributed by atoms with Crippen molar-refractivity contribution in [3.05, 3.63) is 53.6 Å². The Balaban J connectivity index is 1.46. The van der Waals surface area contributed by atoms with Gasteiger partial charge in [-0.3, -0.25) is 9.59 Å². The van der Waals surface area contributed by atoms with Crippen molar-refractivity contribution in [2.75, 3.05) is 26.7 Å². The minimum atomic E-state index is 0.0757. The van der Waals surface area contributed by atoms with Crippen LogP contribution < -0.4 is 4.74 Å². The summed E-state index contributed by atoms with van der Waals surface area (Å²) in [5, 5.41) is 0. The summed E-state index contributed by atoms with van der Waals surface area (Å²) in [4.78, 5) is 28.6. The Morgan fingerprint density at radius 3 is 2.39 bits per heavy atom. The second-order valence-electron chi connectivity index (χ2n) is 8.77. The van der Waals surface area contributed by atoms with Gasteiger partial charge in [0.25, 0.3) is 0 Å². The summed E-state index contributed by atoms with van der Waals surface area (Å²) in [5.41, 5.74) is 5.02. The van der Waals surface area contributed by atoms with E-state index in [1.807, 2.05) is 17.0 Å². The monoisotopic (exact) mass is 420 g/mol. The van der Waals surface area contributed by atoms with Crippen molar-refractivity contribution >= 4 is 11.8 Å². The molecule has 0 radical (unpaired) electrons. The van der Waals surface area contributed by atoms with Gasteiger partial charge in [0, 0.05) is 33.0 Å². The Labute approximate surface area is 185 Å². The van der Waals surface area contributed by atoms with Crippen LogP contribution >= 0.6 is 0 Å². The molecular weight excluding hydrogens is 388 g/mol. The lowest BCUT2D eigenvalue weighted by Gasteiger charge is -2.38. The molecule has 1 atom stereocenters. The second kappa shape index (κ2) is 9.13. The van der Waals surface area contributed by atoms with Crippen LogP contribution in [0.25, 0.3) is 11.1 Å². The van der Waals surface area contributed by atoms with Crippen molar-refractivity contribution in [3.63, 3.8) is 0 Å². The van der Waals surface area contributed by atoms with Gasteiger partial charge in [-0.2, -0.15) is 0 Å². The number of benzene rings is 2. The fourth-order valence-electron chi connectivity index (χ4n) is 5.07. The van der Waals surface area contributed by atoms with E-state index >= 15 is 0 Å². The lowest BCUT2D eigenvalue weighted by Crippen LogP contribution is -2.42. The average molecular weight is 421 g/mol. The van der Waals surface area contributed by atoms with Crippen LogP contribution in [0.3, 0.4) is 0 Å². The maximum atomic E-state index is 13.2. The van der Waals surface area contributed by atoms with Crippen LogP contribution in [0.2, 0.25) is 0 Å². The van der Waals surface area contributed by atoms with Crippen molar-refractivity contribution in [3.8, 4) is 16.9 Å². The van der Waals surface area contributed by atoms with Crippen LogP contribution in [-0.2, 0) is 16.0 Å². The first-order valence-corrected chi connectivity index (χ1v) is 11.3. The fraction of sp³-hybridized carbons (Fsp3) is 0.462. The zero-order chi connectivity index (χ0) is 22.0. The summed E-state index contributed by atoms with van der Waals surface area (Å²) in [6.07, 6.45) is 3.30. The molecule has 1 saturated heterocycles. The highest BCUT2D eigenvalue weighted by atomic mass is 16.5. The number of fused-ring (bicyclic) bond motifs is 1. The van der Waals surface area contributed by atoms with E-state index in [0.29, 0.717) is 12.3 Å². The SMILES string of the molecule is COc1ccc(-c2cccc3c2CCN(C(=O)CC2CCN(C(C)=O)CC2)[C@@H]3C)cc1. The zero-order valence-corrected chi connectivity index (χ0v) is 18.8. The Hall–Kier alpha value is -2.82. The number of rotatable bonds is 4. The van der Waals surface area contributed by atoms with Crippen LogP contribution in [0.1, 0.15) is 50.3 Å². The quantitative estimate of drug-likeness (QED) is 0.734. The Kier molecular flexibility index (Phi) is 6.30. The van der Waals surface area contributed by atoms with Gasteiger partial charge in [-0.1, -0.05) is 30.3 Å². The Bertz CT molecular complexity index is 946. The third-order valence-corrected chi connectivity index (χ3v) is 6.98. The number of piperidine rings is 1. The van der Waals surface area contributed by atoms with Crippen molar-refractivity contribution in [2.45, 2.75) is 45.6 Å². The predicted octanol–water partition coefficient (Wildman–Crippen LogP) is 4.46. The molecule has 5 nitrogen and oxygen atoms in total. The van der Waals surface area contributed by atoms with E-state index in [0.717, 1.165) is 44.6 Å². The first-order valence-electron chi connectivity index (χ1n) is 11.3. The number of amides is 2. The minimum Gasteiger partial charge on any atom is -0.497 e. The van der Waals surface area contributed by atoms with Gasteiger partial charge in [-0.15, -0.1) is 0 Å².